The SMILES string of the molecule is CCN1CC(=O)N/C1=N\C(=O)Nc1cc(Cl)cc(C)n1. The molecule has 0 saturated carbocycles. The molecule has 2 rings (SSSR count). The minimum Gasteiger partial charge on any atom is -0.333 e. The van der Waals surface area contributed by atoms with Crippen LogP contribution >= 0.6 is 11.6 Å². The fourth-order valence-corrected chi connectivity index (χ4v) is 2.04. The fraction of sp³-hybridized carbons (Fsp3) is 0.333. The van der Waals surface area contributed by atoms with E-state index < -0.39 is 6.03 Å². The van der Waals surface area contributed by atoms with Crippen molar-refractivity contribution in [2.45, 2.75) is 13.8 Å². The Morgan fingerprint density at radius 2 is 2.35 bits per heavy atom. The van der Waals surface area contributed by atoms with E-state index >= 15 is 0 Å². The first-order valence-electron chi connectivity index (χ1n) is 6.06. The molecule has 0 aliphatic carbocycles. The lowest BCUT2D eigenvalue weighted by atomic mass is 10.4. The van der Waals surface area contributed by atoms with E-state index in [9.17, 15) is 9.59 Å². The topological polar surface area (TPSA) is 86.7 Å². The van der Waals surface area contributed by atoms with Gasteiger partial charge in [0.1, 0.15) is 12.4 Å². The molecular weight excluding hydrogens is 282 g/mol. The molecule has 2 N–H and O–H groups in total. The van der Waals surface area contributed by atoms with E-state index in [4.69, 9.17) is 11.6 Å². The average molecular weight is 296 g/mol. The summed E-state index contributed by atoms with van der Waals surface area (Å²) in [5.74, 6) is 0.376. The molecule has 8 heteroatoms. The van der Waals surface area contributed by atoms with E-state index in [1.807, 2.05) is 6.92 Å². The zero-order valence-electron chi connectivity index (χ0n) is 11.1. The van der Waals surface area contributed by atoms with Crippen LogP contribution in [0.25, 0.3) is 0 Å². The number of hydrogen-bond acceptors (Lipinski definition) is 3. The minimum absolute atomic E-state index is 0.185. The molecule has 3 amide bonds. The van der Waals surface area contributed by atoms with E-state index in [-0.39, 0.29) is 18.4 Å². The predicted octanol–water partition coefficient (Wildman–Crippen LogP) is 1.38. The van der Waals surface area contributed by atoms with Crippen molar-refractivity contribution in [3.8, 4) is 0 Å². The molecule has 0 bridgehead atoms. The van der Waals surface area contributed by atoms with Gasteiger partial charge in [-0.1, -0.05) is 11.6 Å². The number of urea groups is 1. The van der Waals surface area contributed by atoms with Crippen LogP contribution in [0.15, 0.2) is 17.1 Å². The molecule has 1 aliphatic heterocycles. The highest BCUT2D eigenvalue weighted by Gasteiger charge is 2.24. The summed E-state index contributed by atoms with van der Waals surface area (Å²) in [5.41, 5.74) is 0.685. The van der Waals surface area contributed by atoms with Gasteiger partial charge in [-0.15, -0.1) is 0 Å². The van der Waals surface area contributed by atoms with Crippen LogP contribution in [0, 0.1) is 6.92 Å². The van der Waals surface area contributed by atoms with Crippen LogP contribution in [-0.4, -0.2) is 40.9 Å². The molecular formula is C12H14ClN5O2. The second-order valence-electron chi connectivity index (χ2n) is 4.24. The van der Waals surface area contributed by atoms with Gasteiger partial charge in [-0.25, -0.2) is 9.78 Å². The van der Waals surface area contributed by atoms with Crippen molar-refractivity contribution < 1.29 is 9.59 Å². The summed E-state index contributed by atoms with van der Waals surface area (Å²) in [4.78, 5) is 32.6. The second-order valence-corrected chi connectivity index (χ2v) is 4.68. The van der Waals surface area contributed by atoms with Crippen LogP contribution in [0.5, 0.6) is 0 Å². The number of likely N-dealkylation sites (N-methyl/N-ethyl adjacent to an activating group) is 1. The van der Waals surface area contributed by atoms with Gasteiger partial charge >= 0.3 is 6.03 Å². The van der Waals surface area contributed by atoms with Crippen LogP contribution in [-0.2, 0) is 4.79 Å². The number of amides is 3. The third kappa shape index (κ3) is 3.45. The lowest BCUT2D eigenvalue weighted by Gasteiger charge is -2.12. The number of aliphatic imine (C=N–C) groups is 1. The summed E-state index contributed by atoms with van der Waals surface area (Å²) < 4.78 is 0. The van der Waals surface area contributed by atoms with Crippen LogP contribution in [0.1, 0.15) is 12.6 Å². The zero-order valence-corrected chi connectivity index (χ0v) is 11.9. The molecule has 106 valence electrons. The fourth-order valence-electron chi connectivity index (χ4n) is 1.78. The summed E-state index contributed by atoms with van der Waals surface area (Å²) in [6, 6.07) is 2.59. The summed E-state index contributed by atoms with van der Waals surface area (Å²) in [5, 5.41) is 5.51. The van der Waals surface area contributed by atoms with E-state index in [1.165, 1.54) is 6.07 Å². The number of hydrogen-bond donors (Lipinski definition) is 2. The molecule has 2 heterocycles. The zero-order chi connectivity index (χ0) is 14.7. The quantitative estimate of drug-likeness (QED) is 0.863. The summed E-state index contributed by atoms with van der Waals surface area (Å²) >= 11 is 5.88. The van der Waals surface area contributed by atoms with Gasteiger partial charge in [0, 0.05) is 17.3 Å². The predicted molar refractivity (Wildman–Crippen MR) is 75.8 cm³/mol. The van der Waals surface area contributed by atoms with Crippen molar-refractivity contribution in [3.05, 3.63) is 22.8 Å². The van der Waals surface area contributed by atoms with Gasteiger partial charge in [-0.05, 0) is 26.0 Å². The number of anilines is 1. The van der Waals surface area contributed by atoms with Crippen molar-refractivity contribution in [3.63, 3.8) is 0 Å². The van der Waals surface area contributed by atoms with E-state index in [1.54, 1.807) is 17.9 Å². The number of pyridine rings is 1. The van der Waals surface area contributed by atoms with Crippen molar-refractivity contribution >= 4 is 35.3 Å². The molecule has 0 spiro atoms. The lowest BCUT2D eigenvalue weighted by molar-refractivity contribution is -0.118. The lowest BCUT2D eigenvalue weighted by Crippen LogP contribution is -2.31. The Labute approximate surface area is 121 Å². The summed E-state index contributed by atoms with van der Waals surface area (Å²) in [7, 11) is 0. The Bertz CT molecular complexity index is 567. The van der Waals surface area contributed by atoms with Crippen LogP contribution in [0.3, 0.4) is 0 Å². The Hall–Kier alpha value is -2.15. The highest BCUT2D eigenvalue weighted by Crippen LogP contribution is 2.15. The van der Waals surface area contributed by atoms with Crippen molar-refractivity contribution in [1.29, 1.82) is 0 Å². The molecule has 1 fully saturated rings. The third-order valence-corrected chi connectivity index (χ3v) is 2.85. The van der Waals surface area contributed by atoms with Crippen LogP contribution < -0.4 is 10.6 Å². The van der Waals surface area contributed by atoms with Gasteiger partial charge < -0.3 is 4.90 Å². The summed E-state index contributed by atoms with van der Waals surface area (Å²) in [6.07, 6.45) is 0. The average Bonchev–Trinajstić information content (AvgIpc) is 2.67. The monoisotopic (exact) mass is 295 g/mol. The van der Waals surface area contributed by atoms with Gasteiger partial charge in [-0.3, -0.25) is 15.4 Å². The van der Waals surface area contributed by atoms with Gasteiger partial charge in [0.15, 0.2) is 0 Å². The largest absolute Gasteiger partial charge is 0.349 e. The number of aryl methyl sites for hydroxylation is 1. The maximum atomic E-state index is 11.8. The van der Waals surface area contributed by atoms with Gasteiger partial charge in [0.25, 0.3) is 0 Å². The number of guanidine groups is 1. The molecule has 0 aromatic carbocycles. The maximum absolute atomic E-state index is 11.8. The Morgan fingerprint density at radius 1 is 1.60 bits per heavy atom. The highest BCUT2D eigenvalue weighted by atomic mass is 35.5. The first kappa shape index (κ1) is 14.3. The molecule has 0 radical (unpaired) electrons. The van der Waals surface area contributed by atoms with Gasteiger partial charge in [-0.2, -0.15) is 4.99 Å². The number of carbonyl (C=O) groups excluding carboxylic acids is 2. The van der Waals surface area contributed by atoms with Crippen LogP contribution in [0.4, 0.5) is 10.6 Å². The molecule has 7 nitrogen and oxygen atoms in total. The van der Waals surface area contributed by atoms with Crippen molar-refractivity contribution in [2.75, 3.05) is 18.4 Å². The molecule has 0 unspecified atom stereocenters. The van der Waals surface area contributed by atoms with E-state index in [2.05, 4.69) is 20.6 Å². The number of halogens is 1. The summed E-state index contributed by atoms with van der Waals surface area (Å²) in [6.45, 7) is 4.43. The number of aromatic nitrogens is 1. The standard InChI is InChI=1S/C12H14ClN5O2/c1-3-18-6-10(19)16-11(18)17-12(20)15-9-5-8(13)4-7(2)14-9/h4-5H,3,6H2,1-2H3,(H2,14,15,16,17,19,20). The second kappa shape index (κ2) is 5.87. The smallest absolute Gasteiger partial charge is 0.333 e. The van der Waals surface area contributed by atoms with E-state index in [0.717, 1.165) is 0 Å². The van der Waals surface area contributed by atoms with Crippen LogP contribution in [0.2, 0.25) is 5.02 Å². The Kier molecular flexibility index (Phi) is 4.19. The number of nitrogens with one attached hydrogen (secondary N) is 2. The molecule has 20 heavy (non-hydrogen) atoms. The first-order valence-corrected chi connectivity index (χ1v) is 6.44. The van der Waals surface area contributed by atoms with E-state index in [0.29, 0.717) is 23.1 Å². The minimum atomic E-state index is -0.616. The Morgan fingerprint density at radius 3 is 3.00 bits per heavy atom. The molecule has 1 aromatic heterocycles. The Balaban J connectivity index is 2.10. The third-order valence-electron chi connectivity index (χ3n) is 2.63. The molecule has 1 saturated heterocycles. The molecule has 0 atom stereocenters. The molecule has 1 aromatic rings. The molecule has 1 aliphatic rings. The van der Waals surface area contributed by atoms with Crippen molar-refractivity contribution in [1.82, 2.24) is 15.2 Å². The first-order chi connectivity index (χ1) is 9.47. The van der Waals surface area contributed by atoms with Gasteiger partial charge in [0.05, 0.1) is 0 Å². The number of rotatable bonds is 2. The number of carbonyl (C=O) groups is 2. The number of nitrogens with zero attached hydrogens (tertiary/aromatic N) is 3. The van der Waals surface area contributed by atoms with Crippen molar-refractivity contribution in [2.24, 2.45) is 4.99 Å². The maximum Gasteiger partial charge on any atom is 0.349 e. The van der Waals surface area contributed by atoms with Gasteiger partial charge in [0.2, 0.25) is 11.9 Å². The highest BCUT2D eigenvalue weighted by molar-refractivity contribution is 6.30. The normalized spacial score (nSPS) is 16.4.